The number of halogens is 6. The molecule has 0 atom stereocenters. The van der Waals surface area contributed by atoms with Crippen LogP contribution in [0.3, 0.4) is 0 Å². The number of aromatic nitrogens is 2. The van der Waals surface area contributed by atoms with Crippen molar-refractivity contribution in [1.29, 1.82) is 0 Å². The van der Waals surface area contributed by atoms with Gasteiger partial charge in [-0.2, -0.15) is 17.2 Å². The van der Waals surface area contributed by atoms with Crippen LogP contribution in [0, 0.1) is 34.9 Å². The lowest BCUT2D eigenvalue weighted by Gasteiger charge is -2.17. The van der Waals surface area contributed by atoms with E-state index in [2.05, 4.69) is 14.2 Å². The highest BCUT2D eigenvalue weighted by molar-refractivity contribution is 7.87. The Hall–Kier alpha value is -4.85. The van der Waals surface area contributed by atoms with Gasteiger partial charge in [-0.1, -0.05) is 12.1 Å². The lowest BCUT2D eigenvalue weighted by Crippen LogP contribution is -2.16. The molecule has 1 N–H and O–H groups in total. The summed E-state index contributed by atoms with van der Waals surface area (Å²) in [6, 6.07) is 11.1. The number of nitrogens with zero attached hydrogens (tertiary/aromatic N) is 1. The van der Waals surface area contributed by atoms with E-state index in [-0.39, 0.29) is 33.5 Å². The zero-order valence-corrected chi connectivity index (χ0v) is 21.3. The Balaban J connectivity index is 1.76. The highest BCUT2D eigenvalue weighted by Crippen LogP contribution is 2.41. The van der Waals surface area contributed by atoms with Crippen molar-refractivity contribution >= 4 is 21.0 Å². The minimum absolute atomic E-state index is 0.00866. The van der Waals surface area contributed by atoms with E-state index in [0.717, 1.165) is 24.4 Å². The Labute approximate surface area is 226 Å². The van der Waals surface area contributed by atoms with E-state index < -0.39 is 61.2 Å². The zero-order valence-electron chi connectivity index (χ0n) is 20.4. The van der Waals surface area contributed by atoms with Crippen LogP contribution in [0.25, 0.3) is 33.3 Å². The summed E-state index contributed by atoms with van der Waals surface area (Å²) < 4.78 is 120. The van der Waals surface area contributed by atoms with Gasteiger partial charge in [-0.05, 0) is 30.3 Å². The molecule has 41 heavy (non-hydrogen) atoms. The maximum absolute atomic E-state index is 14.3. The SMILES string of the molecule is COc1cc(-c2cccc(F)c2)ncc1-c1c(S(=O)(=O)Oc2c(F)c(F)c(F)c(F)c2F)ccc2[nH]c(=O)ccc12. The number of rotatable bonds is 6. The molecular formula is C27H14F6N2O5S. The Morgan fingerprint density at radius 1 is 0.829 bits per heavy atom. The molecule has 210 valence electrons. The van der Waals surface area contributed by atoms with E-state index in [9.17, 15) is 39.6 Å². The second-order valence-corrected chi connectivity index (χ2v) is 9.95. The molecule has 7 nitrogen and oxygen atoms in total. The molecule has 0 radical (unpaired) electrons. The highest BCUT2D eigenvalue weighted by Gasteiger charge is 2.33. The van der Waals surface area contributed by atoms with Crippen LogP contribution in [0.4, 0.5) is 26.3 Å². The number of ether oxygens (including phenoxy) is 1. The van der Waals surface area contributed by atoms with Gasteiger partial charge in [0.05, 0.1) is 12.8 Å². The summed E-state index contributed by atoms with van der Waals surface area (Å²) in [5.41, 5.74) is -0.162. The summed E-state index contributed by atoms with van der Waals surface area (Å²) in [5.74, 6) is -14.9. The van der Waals surface area contributed by atoms with Gasteiger partial charge in [-0.15, -0.1) is 0 Å². The average molecular weight is 592 g/mol. The monoisotopic (exact) mass is 592 g/mol. The van der Waals surface area contributed by atoms with Gasteiger partial charge in [-0.25, -0.2) is 17.6 Å². The number of benzene rings is 3. The summed E-state index contributed by atoms with van der Waals surface area (Å²) in [7, 11) is -4.10. The van der Waals surface area contributed by atoms with Crippen LogP contribution in [0.2, 0.25) is 0 Å². The van der Waals surface area contributed by atoms with Gasteiger partial charge in [0, 0.05) is 45.9 Å². The second kappa shape index (κ2) is 10.3. The van der Waals surface area contributed by atoms with Gasteiger partial charge in [-0.3, -0.25) is 9.78 Å². The number of hydrogen-bond acceptors (Lipinski definition) is 6. The Bertz CT molecular complexity index is 2000. The molecule has 14 heteroatoms. The zero-order chi connectivity index (χ0) is 29.6. The topological polar surface area (TPSA) is 98.3 Å². The number of methoxy groups -OCH3 is 1. The quantitative estimate of drug-likeness (QED) is 0.115. The molecule has 0 unspecified atom stereocenters. The first-order valence-electron chi connectivity index (χ1n) is 11.3. The third-order valence-electron chi connectivity index (χ3n) is 5.97. The lowest BCUT2D eigenvalue weighted by molar-refractivity contribution is 0.347. The normalized spacial score (nSPS) is 11.6. The molecule has 0 aliphatic rings. The summed E-state index contributed by atoms with van der Waals surface area (Å²) in [4.78, 5) is 17.9. The van der Waals surface area contributed by atoms with Gasteiger partial charge in [0.1, 0.15) is 16.5 Å². The summed E-state index contributed by atoms with van der Waals surface area (Å²) in [5, 5.41) is 0.0605. The molecule has 0 aliphatic carbocycles. The number of nitrogens with one attached hydrogen (secondary N) is 1. The molecule has 0 spiro atoms. The minimum Gasteiger partial charge on any atom is -0.496 e. The predicted octanol–water partition coefficient (Wildman–Crippen LogP) is 5.87. The van der Waals surface area contributed by atoms with Gasteiger partial charge in [0.25, 0.3) is 0 Å². The van der Waals surface area contributed by atoms with Gasteiger partial charge in [0.2, 0.25) is 40.4 Å². The standard InChI is InChI=1S/C27H14F6N2O5S/c1-39-18-10-17(12-3-2-4-13(28)9-12)34-11-15(18)21-14-5-8-20(36)35-16(14)6-7-19(21)41(37,38)40-27-25(32)23(30)22(29)24(31)26(27)33/h2-11H,1H3,(H,35,36). The van der Waals surface area contributed by atoms with Crippen molar-refractivity contribution in [1.82, 2.24) is 9.97 Å². The number of fused-ring (bicyclic) bond motifs is 1. The average Bonchev–Trinajstić information content (AvgIpc) is 2.96. The maximum atomic E-state index is 14.3. The summed E-state index contributed by atoms with van der Waals surface area (Å²) in [6.45, 7) is 0. The highest BCUT2D eigenvalue weighted by atomic mass is 32.2. The molecule has 2 aromatic heterocycles. The van der Waals surface area contributed by atoms with Crippen molar-refractivity contribution < 1.29 is 43.7 Å². The van der Waals surface area contributed by atoms with Crippen LogP contribution in [-0.2, 0) is 10.1 Å². The van der Waals surface area contributed by atoms with Crippen molar-refractivity contribution in [2.24, 2.45) is 0 Å². The third-order valence-corrected chi connectivity index (χ3v) is 7.24. The van der Waals surface area contributed by atoms with Crippen LogP contribution in [0.1, 0.15) is 0 Å². The third kappa shape index (κ3) is 4.86. The van der Waals surface area contributed by atoms with Crippen LogP contribution in [0.15, 0.2) is 70.5 Å². The molecule has 0 aliphatic heterocycles. The summed E-state index contributed by atoms with van der Waals surface area (Å²) >= 11 is 0. The van der Waals surface area contributed by atoms with Crippen molar-refractivity contribution in [3.8, 4) is 33.9 Å². The first-order valence-corrected chi connectivity index (χ1v) is 12.8. The minimum atomic E-state index is -5.34. The molecule has 0 saturated carbocycles. The van der Waals surface area contributed by atoms with Gasteiger partial charge >= 0.3 is 10.1 Å². The number of aromatic amines is 1. The van der Waals surface area contributed by atoms with Crippen LogP contribution >= 0.6 is 0 Å². The predicted molar refractivity (Wildman–Crippen MR) is 134 cm³/mol. The van der Waals surface area contributed by atoms with Crippen LogP contribution in [0.5, 0.6) is 11.5 Å². The number of hydrogen-bond donors (Lipinski definition) is 1. The van der Waals surface area contributed by atoms with E-state index in [1.165, 1.54) is 37.4 Å². The maximum Gasteiger partial charge on any atom is 0.340 e. The van der Waals surface area contributed by atoms with E-state index >= 15 is 0 Å². The first-order chi connectivity index (χ1) is 19.4. The molecule has 5 aromatic rings. The fraction of sp³-hybridized carbons (Fsp3) is 0.0370. The first kappa shape index (κ1) is 27.7. The Morgan fingerprint density at radius 2 is 1.51 bits per heavy atom. The molecule has 0 bridgehead atoms. The molecule has 2 heterocycles. The van der Waals surface area contributed by atoms with Crippen molar-refractivity contribution in [3.05, 3.63) is 106 Å². The fourth-order valence-electron chi connectivity index (χ4n) is 4.11. The van der Waals surface area contributed by atoms with Gasteiger partial charge in [0.15, 0.2) is 0 Å². The molecule has 5 rings (SSSR count). The van der Waals surface area contributed by atoms with Crippen molar-refractivity contribution in [2.75, 3.05) is 7.11 Å². The number of H-pyrrole nitrogens is 1. The Morgan fingerprint density at radius 3 is 2.17 bits per heavy atom. The van der Waals surface area contributed by atoms with E-state index in [0.29, 0.717) is 5.56 Å². The largest absolute Gasteiger partial charge is 0.496 e. The molecule has 3 aromatic carbocycles. The van der Waals surface area contributed by atoms with Gasteiger partial charge < -0.3 is 13.9 Å². The van der Waals surface area contributed by atoms with Crippen molar-refractivity contribution in [3.63, 3.8) is 0 Å². The van der Waals surface area contributed by atoms with E-state index in [4.69, 9.17) is 4.74 Å². The fourth-order valence-corrected chi connectivity index (χ4v) is 5.27. The van der Waals surface area contributed by atoms with Crippen LogP contribution < -0.4 is 14.5 Å². The Kier molecular flexibility index (Phi) is 6.95. The van der Waals surface area contributed by atoms with Crippen molar-refractivity contribution in [2.45, 2.75) is 4.90 Å². The molecule has 0 saturated heterocycles. The lowest BCUT2D eigenvalue weighted by atomic mass is 10.00. The smallest absolute Gasteiger partial charge is 0.340 e. The second-order valence-electron chi connectivity index (χ2n) is 8.44. The molecular weight excluding hydrogens is 578 g/mol. The van der Waals surface area contributed by atoms with E-state index in [1.807, 2.05) is 0 Å². The van der Waals surface area contributed by atoms with E-state index in [1.54, 1.807) is 6.07 Å². The van der Waals surface area contributed by atoms with Crippen LogP contribution in [-0.4, -0.2) is 25.5 Å². The summed E-state index contributed by atoms with van der Waals surface area (Å²) in [6.07, 6.45) is 1.16. The molecule has 0 fully saturated rings. The molecule has 0 amide bonds. The number of pyridine rings is 2.